The van der Waals surface area contributed by atoms with Crippen molar-refractivity contribution in [1.82, 2.24) is 4.57 Å². The topological polar surface area (TPSA) is 106 Å². The Labute approximate surface area is 168 Å². The number of fused-ring (bicyclic) bond motifs is 1. The maximum absolute atomic E-state index is 13.6. The lowest BCUT2D eigenvalue weighted by Gasteiger charge is -2.13. The molecule has 1 aromatic heterocycles. The molecule has 1 heterocycles. The number of ether oxygens (including phenoxy) is 1. The van der Waals surface area contributed by atoms with E-state index in [1.807, 2.05) is 0 Å². The van der Waals surface area contributed by atoms with E-state index in [1.165, 1.54) is 43.4 Å². The number of pyridine rings is 1. The normalized spacial score (nSPS) is 10.9. The van der Waals surface area contributed by atoms with Crippen molar-refractivity contribution in [3.8, 4) is 17.2 Å². The van der Waals surface area contributed by atoms with Gasteiger partial charge in [0.25, 0.3) is 5.56 Å². The summed E-state index contributed by atoms with van der Waals surface area (Å²) in [6.45, 7) is 0. The molecule has 7 nitrogen and oxygen atoms in total. The predicted molar refractivity (Wildman–Crippen MR) is 104 cm³/mol. The number of hydrogen-bond acceptors (Lipinski definition) is 5. The number of aromatic hydroxyl groups is 1. The van der Waals surface area contributed by atoms with Crippen LogP contribution in [0.4, 0.5) is 4.39 Å². The zero-order chi connectivity index (χ0) is 21.3. The average Bonchev–Trinajstić information content (AvgIpc) is 2.68. The summed E-state index contributed by atoms with van der Waals surface area (Å²) in [7, 11) is 1.40. The van der Waals surface area contributed by atoms with Gasteiger partial charge in [-0.1, -0.05) is 17.7 Å². The second-order valence-electron chi connectivity index (χ2n) is 6.24. The number of Topliss-reactive ketones (excluding diaryl/α,β-unsaturated/α-hetero) is 1. The van der Waals surface area contributed by atoms with Crippen molar-refractivity contribution in [1.29, 1.82) is 0 Å². The fourth-order valence-electron chi connectivity index (χ4n) is 2.85. The van der Waals surface area contributed by atoms with Crippen LogP contribution < -0.4 is 10.3 Å². The largest absolute Gasteiger partial charge is 0.506 e. The summed E-state index contributed by atoms with van der Waals surface area (Å²) in [5.74, 6) is -2.84. The number of carbonyl (C=O) groups is 2. The molecule has 0 amide bonds. The van der Waals surface area contributed by atoms with Gasteiger partial charge in [-0.3, -0.25) is 14.4 Å². The molecule has 0 unspecified atom stereocenters. The molecule has 0 aliphatic rings. The number of aryl methyl sites for hydroxylation is 1. The van der Waals surface area contributed by atoms with Gasteiger partial charge >= 0.3 is 5.97 Å². The molecule has 0 radical (unpaired) electrons. The summed E-state index contributed by atoms with van der Waals surface area (Å²) in [4.78, 5) is 35.5. The first kappa shape index (κ1) is 20.3. The highest BCUT2D eigenvalue weighted by atomic mass is 35.5. The zero-order valence-corrected chi connectivity index (χ0v) is 15.9. The number of aromatic nitrogens is 1. The summed E-state index contributed by atoms with van der Waals surface area (Å²) in [5.41, 5.74) is -0.985. The summed E-state index contributed by atoms with van der Waals surface area (Å²) < 4.78 is 20.3. The van der Waals surface area contributed by atoms with E-state index < -0.39 is 47.3 Å². The number of aliphatic carboxylic acids is 1. The van der Waals surface area contributed by atoms with Crippen LogP contribution in [0, 0.1) is 5.82 Å². The minimum Gasteiger partial charge on any atom is -0.506 e. The second kappa shape index (κ2) is 7.92. The van der Waals surface area contributed by atoms with Gasteiger partial charge in [0.1, 0.15) is 33.7 Å². The van der Waals surface area contributed by atoms with Crippen LogP contribution in [0.5, 0.6) is 17.2 Å². The molecule has 0 bridgehead atoms. The molecule has 0 saturated heterocycles. The molecule has 0 spiro atoms. The fraction of sp³-hybridized carbons (Fsp3) is 0.150. The van der Waals surface area contributed by atoms with Gasteiger partial charge < -0.3 is 19.5 Å². The Morgan fingerprint density at radius 3 is 2.62 bits per heavy atom. The smallest absolute Gasteiger partial charge is 0.303 e. The number of rotatable bonds is 6. The SMILES string of the molecule is Cn1c(=O)c(C(=O)CCC(=O)O)c(O)c2ccc(Oc3cccc(F)c3Cl)cc21. The van der Waals surface area contributed by atoms with E-state index in [-0.39, 0.29) is 27.4 Å². The van der Waals surface area contributed by atoms with Crippen LogP contribution in [0.1, 0.15) is 23.2 Å². The number of ketones is 1. The number of hydrogen-bond donors (Lipinski definition) is 2. The minimum absolute atomic E-state index is 0.0701. The van der Waals surface area contributed by atoms with Gasteiger partial charge in [-0.15, -0.1) is 0 Å². The van der Waals surface area contributed by atoms with Gasteiger partial charge in [0, 0.05) is 24.9 Å². The summed E-state index contributed by atoms with van der Waals surface area (Å²) >= 11 is 5.88. The molecule has 2 N–H and O–H groups in total. The maximum atomic E-state index is 13.6. The first-order chi connectivity index (χ1) is 13.7. The summed E-state index contributed by atoms with van der Waals surface area (Å²) in [5, 5.41) is 19.2. The van der Waals surface area contributed by atoms with Crippen molar-refractivity contribution in [3.63, 3.8) is 0 Å². The Morgan fingerprint density at radius 2 is 1.93 bits per heavy atom. The highest BCUT2D eigenvalue weighted by Crippen LogP contribution is 2.34. The van der Waals surface area contributed by atoms with Crippen molar-refractivity contribution in [2.45, 2.75) is 12.8 Å². The Kier molecular flexibility index (Phi) is 5.56. The van der Waals surface area contributed by atoms with Crippen LogP contribution in [0.15, 0.2) is 41.2 Å². The monoisotopic (exact) mass is 419 g/mol. The van der Waals surface area contributed by atoms with Crippen LogP contribution in [0.2, 0.25) is 5.02 Å². The van der Waals surface area contributed by atoms with E-state index in [0.29, 0.717) is 0 Å². The number of benzene rings is 2. The number of halogens is 2. The highest BCUT2D eigenvalue weighted by Gasteiger charge is 2.22. The lowest BCUT2D eigenvalue weighted by atomic mass is 10.0. The molecule has 3 rings (SSSR count). The van der Waals surface area contributed by atoms with Crippen molar-refractivity contribution in [2.24, 2.45) is 7.05 Å². The summed E-state index contributed by atoms with van der Waals surface area (Å²) in [6.07, 6.45) is -0.871. The molecule has 0 saturated carbocycles. The van der Waals surface area contributed by atoms with Gasteiger partial charge in [-0.25, -0.2) is 4.39 Å². The highest BCUT2D eigenvalue weighted by molar-refractivity contribution is 6.32. The van der Waals surface area contributed by atoms with Gasteiger partial charge in [0.05, 0.1) is 11.9 Å². The van der Waals surface area contributed by atoms with E-state index in [2.05, 4.69) is 0 Å². The molecule has 0 aliphatic carbocycles. The van der Waals surface area contributed by atoms with Crippen LogP contribution in [0.25, 0.3) is 10.9 Å². The van der Waals surface area contributed by atoms with E-state index in [1.54, 1.807) is 0 Å². The molecule has 0 aliphatic heterocycles. The predicted octanol–water partition coefficient (Wildman–Crippen LogP) is 3.88. The Balaban J connectivity index is 2.06. The Bertz CT molecular complexity index is 1200. The average molecular weight is 420 g/mol. The van der Waals surface area contributed by atoms with E-state index in [9.17, 15) is 23.9 Å². The molecule has 9 heteroatoms. The standard InChI is InChI=1S/C20H15ClFNO6/c1-23-13-9-10(29-15-4-2-3-12(22)18(15)21)5-6-11(13)19(27)17(20(23)28)14(24)7-8-16(25)26/h2-6,9,27H,7-8H2,1H3,(H,25,26). The minimum atomic E-state index is -1.19. The second-order valence-corrected chi connectivity index (χ2v) is 6.62. The molecular formula is C20H15ClFNO6. The quantitative estimate of drug-likeness (QED) is 0.587. The summed E-state index contributed by atoms with van der Waals surface area (Å²) in [6, 6.07) is 8.40. The van der Waals surface area contributed by atoms with Crippen LogP contribution in [0.3, 0.4) is 0 Å². The maximum Gasteiger partial charge on any atom is 0.303 e. The molecule has 0 fully saturated rings. The van der Waals surface area contributed by atoms with E-state index >= 15 is 0 Å². The third-order valence-electron chi connectivity index (χ3n) is 4.33. The molecule has 0 atom stereocenters. The van der Waals surface area contributed by atoms with Crippen LogP contribution in [-0.2, 0) is 11.8 Å². The first-order valence-electron chi connectivity index (χ1n) is 8.43. The third kappa shape index (κ3) is 3.93. The Morgan fingerprint density at radius 1 is 1.21 bits per heavy atom. The third-order valence-corrected chi connectivity index (χ3v) is 4.70. The lowest BCUT2D eigenvalue weighted by Crippen LogP contribution is -2.25. The molecule has 150 valence electrons. The van der Waals surface area contributed by atoms with Crippen LogP contribution in [-0.4, -0.2) is 26.5 Å². The lowest BCUT2D eigenvalue weighted by molar-refractivity contribution is -0.136. The molecule has 2 aromatic carbocycles. The van der Waals surface area contributed by atoms with Crippen molar-refractivity contribution in [2.75, 3.05) is 0 Å². The van der Waals surface area contributed by atoms with Crippen LogP contribution >= 0.6 is 11.6 Å². The van der Waals surface area contributed by atoms with Crippen molar-refractivity contribution >= 4 is 34.3 Å². The first-order valence-corrected chi connectivity index (χ1v) is 8.81. The number of carboxylic acids is 1. The van der Waals surface area contributed by atoms with Gasteiger partial charge in [-0.2, -0.15) is 0 Å². The van der Waals surface area contributed by atoms with Gasteiger partial charge in [0.15, 0.2) is 5.78 Å². The van der Waals surface area contributed by atoms with Gasteiger partial charge in [0.2, 0.25) is 0 Å². The Hall–Kier alpha value is -3.39. The molecule has 29 heavy (non-hydrogen) atoms. The molecule has 3 aromatic rings. The number of carboxylic acid groups (broad SMARTS) is 1. The van der Waals surface area contributed by atoms with Crippen molar-refractivity contribution in [3.05, 3.63) is 63.2 Å². The van der Waals surface area contributed by atoms with E-state index in [4.69, 9.17) is 21.4 Å². The number of carbonyl (C=O) groups excluding carboxylic acids is 1. The van der Waals surface area contributed by atoms with Gasteiger partial charge in [-0.05, 0) is 24.3 Å². The van der Waals surface area contributed by atoms with E-state index in [0.717, 1.165) is 4.57 Å². The fourth-order valence-corrected chi connectivity index (χ4v) is 3.02. The zero-order valence-electron chi connectivity index (χ0n) is 15.1. The number of nitrogens with zero attached hydrogens (tertiary/aromatic N) is 1. The molecular weight excluding hydrogens is 405 g/mol. The van der Waals surface area contributed by atoms with Crippen molar-refractivity contribution < 1.29 is 28.9 Å².